The van der Waals surface area contributed by atoms with E-state index in [4.69, 9.17) is 4.74 Å². The fourth-order valence-electron chi connectivity index (χ4n) is 3.86. The number of nitrogens with zero attached hydrogens (tertiary/aromatic N) is 2. The van der Waals surface area contributed by atoms with Crippen molar-refractivity contribution in [3.05, 3.63) is 0 Å². The summed E-state index contributed by atoms with van der Waals surface area (Å²) in [5.41, 5.74) is 0. The van der Waals surface area contributed by atoms with Gasteiger partial charge in [0, 0.05) is 32.7 Å². The molecule has 0 amide bonds. The van der Waals surface area contributed by atoms with Crippen molar-refractivity contribution in [2.75, 3.05) is 39.3 Å². The third kappa shape index (κ3) is 5.98. The van der Waals surface area contributed by atoms with Crippen LogP contribution in [0.1, 0.15) is 40.5 Å². The standard InChI is InChI=1S/C16H33N3O3S/c1-13-8-14(2)10-19(9-13)23(20,21)17-6-5-7-18-11-15(3)22-16(4)12-18/h13-17H,5-12H2,1-4H3. The van der Waals surface area contributed by atoms with Gasteiger partial charge >= 0.3 is 0 Å². The molecule has 0 saturated carbocycles. The van der Waals surface area contributed by atoms with Crippen molar-refractivity contribution in [1.82, 2.24) is 13.9 Å². The van der Waals surface area contributed by atoms with Gasteiger partial charge < -0.3 is 4.74 Å². The van der Waals surface area contributed by atoms with Gasteiger partial charge in [0.1, 0.15) is 0 Å². The van der Waals surface area contributed by atoms with Crippen molar-refractivity contribution >= 4 is 10.2 Å². The van der Waals surface area contributed by atoms with Crippen LogP contribution < -0.4 is 4.72 Å². The highest BCUT2D eigenvalue weighted by atomic mass is 32.2. The fraction of sp³-hybridized carbons (Fsp3) is 1.00. The first-order valence-electron chi connectivity index (χ1n) is 8.89. The van der Waals surface area contributed by atoms with E-state index in [1.807, 2.05) is 0 Å². The van der Waals surface area contributed by atoms with Crippen LogP contribution in [-0.2, 0) is 14.9 Å². The van der Waals surface area contributed by atoms with Crippen LogP contribution in [0.3, 0.4) is 0 Å². The molecule has 0 aromatic rings. The Labute approximate surface area is 141 Å². The molecule has 0 bridgehead atoms. The average molecular weight is 348 g/mol. The Hall–Kier alpha value is -0.210. The van der Waals surface area contributed by atoms with Crippen LogP contribution in [-0.4, -0.2) is 69.1 Å². The van der Waals surface area contributed by atoms with Crippen LogP contribution in [0, 0.1) is 11.8 Å². The predicted octanol–water partition coefficient (Wildman–Crippen LogP) is 1.30. The quantitative estimate of drug-likeness (QED) is 0.736. The molecule has 0 aromatic carbocycles. The van der Waals surface area contributed by atoms with Gasteiger partial charge in [0.05, 0.1) is 12.2 Å². The van der Waals surface area contributed by atoms with Gasteiger partial charge in [-0.2, -0.15) is 12.7 Å². The Bertz CT molecular complexity index is 451. The third-order valence-electron chi connectivity index (χ3n) is 4.61. The van der Waals surface area contributed by atoms with Crippen LogP contribution in [0.25, 0.3) is 0 Å². The molecule has 136 valence electrons. The lowest BCUT2D eigenvalue weighted by molar-refractivity contribution is -0.0679. The normalized spacial score (nSPS) is 34.6. The Morgan fingerprint density at radius 1 is 1.00 bits per heavy atom. The molecule has 0 aromatic heterocycles. The maximum atomic E-state index is 12.4. The van der Waals surface area contributed by atoms with Crippen molar-refractivity contribution in [2.45, 2.75) is 52.7 Å². The second kappa shape index (κ2) is 8.25. The molecule has 4 unspecified atom stereocenters. The van der Waals surface area contributed by atoms with Gasteiger partial charge in [0.25, 0.3) is 10.2 Å². The first-order valence-corrected chi connectivity index (χ1v) is 10.3. The molecule has 0 aliphatic carbocycles. The van der Waals surface area contributed by atoms with Gasteiger partial charge in [-0.1, -0.05) is 13.8 Å². The second-order valence-electron chi connectivity index (χ2n) is 7.53. The highest BCUT2D eigenvalue weighted by molar-refractivity contribution is 7.87. The molecule has 4 atom stereocenters. The van der Waals surface area contributed by atoms with E-state index in [1.165, 1.54) is 0 Å². The van der Waals surface area contributed by atoms with Gasteiger partial charge in [-0.3, -0.25) is 4.90 Å². The SMILES string of the molecule is CC1CC(C)CN(S(=O)(=O)NCCCN2CC(C)OC(C)C2)C1. The van der Waals surface area contributed by atoms with Crippen LogP contribution >= 0.6 is 0 Å². The van der Waals surface area contributed by atoms with Gasteiger partial charge in [0.2, 0.25) is 0 Å². The number of ether oxygens (including phenoxy) is 1. The van der Waals surface area contributed by atoms with E-state index < -0.39 is 10.2 Å². The highest BCUT2D eigenvalue weighted by Crippen LogP contribution is 2.22. The molecule has 23 heavy (non-hydrogen) atoms. The lowest BCUT2D eigenvalue weighted by atomic mass is 9.94. The second-order valence-corrected chi connectivity index (χ2v) is 9.29. The van der Waals surface area contributed by atoms with E-state index in [1.54, 1.807) is 4.31 Å². The van der Waals surface area contributed by atoms with Gasteiger partial charge in [0.15, 0.2) is 0 Å². The highest BCUT2D eigenvalue weighted by Gasteiger charge is 2.30. The Kier molecular flexibility index (Phi) is 6.86. The monoisotopic (exact) mass is 347 g/mol. The van der Waals surface area contributed by atoms with Crippen LogP contribution in [0.4, 0.5) is 0 Å². The van der Waals surface area contributed by atoms with E-state index in [-0.39, 0.29) is 12.2 Å². The topological polar surface area (TPSA) is 61.9 Å². The summed E-state index contributed by atoms with van der Waals surface area (Å²) in [5.74, 6) is 0.873. The molecule has 1 N–H and O–H groups in total. The first kappa shape index (κ1) is 19.1. The first-order chi connectivity index (χ1) is 10.8. The van der Waals surface area contributed by atoms with Crippen molar-refractivity contribution in [3.8, 4) is 0 Å². The number of piperidine rings is 1. The summed E-state index contributed by atoms with van der Waals surface area (Å²) in [4.78, 5) is 2.36. The largest absolute Gasteiger partial charge is 0.373 e. The molecule has 2 fully saturated rings. The van der Waals surface area contributed by atoms with Crippen molar-refractivity contribution < 1.29 is 13.2 Å². The zero-order valence-electron chi connectivity index (χ0n) is 15.0. The van der Waals surface area contributed by atoms with E-state index in [2.05, 4.69) is 37.3 Å². The minimum absolute atomic E-state index is 0.256. The molecule has 0 spiro atoms. The maximum absolute atomic E-state index is 12.4. The summed E-state index contributed by atoms with van der Waals surface area (Å²) >= 11 is 0. The number of nitrogens with one attached hydrogen (secondary N) is 1. The number of hydrogen-bond donors (Lipinski definition) is 1. The lowest BCUT2D eigenvalue weighted by Crippen LogP contribution is -2.49. The van der Waals surface area contributed by atoms with Gasteiger partial charge in [-0.05, 0) is 45.1 Å². The van der Waals surface area contributed by atoms with E-state index in [0.29, 0.717) is 31.5 Å². The third-order valence-corrected chi connectivity index (χ3v) is 6.15. The molecule has 2 rings (SSSR count). The molecule has 2 aliphatic heterocycles. The average Bonchev–Trinajstić information content (AvgIpc) is 2.41. The minimum atomic E-state index is -3.33. The van der Waals surface area contributed by atoms with Crippen LogP contribution in [0.2, 0.25) is 0 Å². The van der Waals surface area contributed by atoms with Gasteiger partial charge in [-0.25, -0.2) is 4.72 Å². The van der Waals surface area contributed by atoms with E-state index >= 15 is 0 Å². The minimum Gasteiger partial charge on any atom is -0.373 e. The smallest absolute Gasteiger partial charge is 0.279 e. The molecule has 0 radical (unpaired) electrons. The van der Waals surface area contributed by atoms with Crippen molar-refractivity contribution in [2.24, 2.45) is 11.8 Å². The van der Waals surface area contributed by atoms with Crippen molar-refractivity contribution in [3.63, 3.8) is 0 Å². The Morgan fingerprint density at radius 3 is 2.13 bits per heavy atom. The molecule has 7 heteroatoms. The fourth-order valence-corrected chi connectivity index (χ4v) is 5.35. The zero-order valence-corrected chi connectivity index (χ0v) is 15.8. The number of morpholine rings is 1. The summed E-state index contributed by atoms with van der Waals surface area (Å²) in [6, 6.07) is 0. The van der Waals surface area contributed by atoms with E-state index in [9.17, 15) is 8.42 Å². The summed E-state index contributed by atoms with van der Waals surface area (Å²) in [5, 5.41) is 0. The number of hydrogen-bond acceptors (Lipinski definition) is 4. The van der Waals surface area contributed by atoms with Crippen LogP contribution in [0.5, 0.6) is 0 Å². The summed E-state index contributed by atoms with van der Waals surface area (Å²) in [7, 11) is -3.33. The Balaban J connectivity index is 1.72. The molecule has 2 heterocycles. The predicted molar refractivity (Wildman–Crippen MR) is 92.5 cm³/mol. The molecule has 2 aliphatic rings. The summed E-state index contributed by atoms with van der Waals surface area (Å²) in [6.07, 6.45) is 2.45. The maximum Gasteiger partial charge on any atom is 0.279 e. The summed E-state index contributed by atoms with van der Waals surface area (Å²) < 4.78 is 34.9. The summed E-state index contributed by atoms with van der Waals surface area (Å²) in [6.45, 7) is 13.0. The molecule has 6 nitrogen and oxygen atoms in total. The van der Waals surface area contributed by atoms with E-state index in [0.717, 1.165) is 32.5 Å². The van der Waals surface area contributed by atoms with Crippen LogP contribution in [0.15, 0.2) is 0 Å². The molecular weight excluding hydrogens is 314 g/mol. The van der Waals surface area contributed by atoms with Crippen molar-refractivity contribution in [1.29, 1.82) is 0 Å². The lowest BCUT2D eigenvalue weighted by Gasteiger charge is -2.35. The number of rotatable bonds is 6. The molecular formula is C16H33N3O3S. The van der Waals surface area contributed by atoms with Gasteiger partial charge in [-0.15, -0.1) is 0 Å². The Morgan fingerprint density at radius 2 is 1.57 bits per heavy atom. The zero-order chi connectivity index (χ0) is 17.0. The molecule has 2 saturated heterocycles.